The fourth-order valence-electron chi connectivity index (χ4n) is 2.35. The molecular weight excluding hydrogens is 262 g/mol. The zero-order valence-electron chi connectivity index (χ0n) is 12.9. The van der Waals surface area contributed by atoms with Crippen molar-refractivity contribution in [3.63, 3.8) is 0 Å². The largest absolute Gasteiger partial charge is 0.311 e. The average molecular weight is 287 g/mol. The number of hydrogen-bond donors (Lipinski definition) is 1. The zero-order chi connectivity index (χ0) is 14.6. The topological polar surface area (TPSA) is 12.0 Å². The maximum Gasteiger partial charge on any atom is 0.00967 e. The number of thiophene rings is 1. The molecule has 0 bridgehead atoms. The maximum absolute atomic E-state index is 3.66. The van der Waals surface area contributed by atoms with Gasteiger partial charge in [-0.3, -0.25) is 0 Å². The average Bonchev–Trinajstić information content (AvgIpc) is 2.86. The first-order valence-electron chi connectivity index (χ1n) is 7.27. The lowest BCUT2D eigenvalue weighted by molar-refractivity contribution is 0.405. The predicted molar refractivity (Wildman–Crippen MR) is 89.7 cm³/mol. The molecule has 1 unspecified atom stereocenters. The Morgan fingerprint density at radius 3 is 2.60 bits per heavy atom. The molecule has 20 heavy (non-hydrogen) atoms. The van der Waals surface area contributed by atoms with Gasteiger partial charge in [0.15, 0.2) is 0 Å². The Kier molecular flexibility index (Phi) is 5.00. The second kappa shape index (κ2) is 6.55. The molecule has 1 aromatic carbocycles. The molecule has 0 aliphatic heterocycles. The molecule has 1 N–H and O–H groups in total. The Balaban J connectivity index is 2.15. The van der Waals surface area contributed by atoms with Gasteiger partial charge >= 0.3 is 0 Å². The van der Waals surface area contributed by atoms with Gasteiger partial charge in [-0.2, -0.15) is 11.3 Å². The molecule has 0 radical (unpaired) electrons. The first-order valence-corrected chi connectivity index (χ1v) is 8.21. The molecule has 1 heterocycles. The van der Waals surface area contributed by atoms with Crippen molar-refractivity contribution < 1.29 is 0 Å². The molecule has 0 fully saturated rings. The lowest BCUT2D eigenvalue weighted by Crippen LogP contribution is -2.39. The first kappa shape index (κ1) is 15.3. The summed E-state index contributed by atoms with van der Waals surface area (Å²) in [6.07, 6.45) is 1.11. The van der Waals surface area contributed by atoms with Gasteiger partial charge in [0.05, 0.1) is 0 Å². The molecule has 2 aromatic rings. The molecule has 0 aliphatic rings. The number of hydrogen-bond acceptors (Lipinski definition) is 2. The molecule has 1 nitrogen and oxygen atoms in total. The van der Waals surface area contributed by atoms with E-state index >= 15 is 0 Å². The van der Waals surface area contributed by atoms with E-state index in [2.05, 4.69) is 74.1 Å². The predicted octanol–water partition coefficient (Wildman–Crippen LogP) is 4.77. The van der Waals surface area contributed by atoms with Crippen LogP contribution in [0.2, 0.25) is 0 Å². The molecular formula is C18H25NS. The summed E-state index contributed by atoms with van der Waals surface area (Å²) in [5.74, 6) is 0.531. The normalized spacial score (nSPS) is 13.4. The highest BCUT2D eigenvalue weighted by Gasteiger charge is 2.16. The van der Waals surface area contributed by atoms with Gasteiger partial charge in [0, 0.05) is 18.0 Å². The second-order valence-electron chi connectivity index (χ2n) is 6.58. The molecule has 0 saturated heterocycles. The van der Waals surface area contributed by atoms with Crippen LogP contribution in [0.4, 0.5) is 0 Å². The molecule has 1 atom stereocenters. The van der Waals surface area contributed by atoms with Crippen molar-refractivity contribution in [2.24, 2.45) is 0 Å². The van der Waals surface area contributed by atoms with Crippen LogP contribution in [0.15, 0.2) is 41.1 Å². The summed E-state index contributed by atoms with van der Waals surface area (Å²) in [7, 11) is 0. The van der Waals surface area contributed by atoms with Crippen molar-refractivity contribution in [2.45, 2.75) is 45.6 Å². The smallest absolute Gasteiger partial charge is 0.00967 e. The van der Waals surface area contributed by atoms with Gasteiger partial charge in [0.1, 0.15) is 0 Å². The third-order valence-corrected chi connectivity index (χ3v) is 4.19. The SMILES string of the molecule is Cc1cccc(C(CNC(C)(C)C)Cc2ccsc2)c1. The van der Waals surface area contributed by atoms with Gasteiger partial charge in [-0.25, -0.2) is 0 Å². The fourth-order valence-corrected chi connectivity index (χ4v) is 3.04. The Bertz CT molecular complexity index is 523. The van der Waals surface area contributed by atoms with Crippen LogP contribution in [0, 0.1) is 6.92 Å². The van der Waals surface area contributed by atoms with E-state index in [1.165, 1.54) is 16.7 Å². The maximum atomic E-state index is 3.66. The molecule has 0 spiro atoms. The fraction of sp³-hybridized carbons (Fsp3) is 0.444. The van der Waals surface area contributed by atoms with Gasteiger partial charge < -0.3 is 5.32 Å². The summed E-state index contributed by atoms with van der Waals surface area (Å²) in [5, 5.41) is 8.09. The van der Waals surface area contributed by atoms with Crippen LogP contribution >= 0.6 is 11.3 Å². The third kappa shape index (κ3) is 4.77. The molecule has 0 saturated carbocycles. The molecule has 0 amide bonds. The van der Waals surface area contributed by atoms with Crippen molar-refractivity contribution in [1.29, 1.82) is 0 Å². The van der Waals surface area contributed by atoms with Crippen LogP contribution < -0.4 is 5.32 Å². The highest BCUT2D eigenvalue weighted by Crippen LogP contribution is 2.23. The zero-order valence-corrected chi connectivity index (χ0v) is 13.8. The quantitative estimate of drug-likeness (QED) is 0.835. The lowest BCUT2D eigenvalue weighted by Gasteiger charge is -2.26. The Morgan fingerprint density at radius 2 is 2.00 bits per heavy atom. The minimum absolute atomic E-state index is 0.163. The number of aryl methyl sites for hydroxylation is 1. The molecule has 108 valence electrons. The van der Waals surface area contributed by atoms with Crippen molar-refractivity contribution in [2.75, 3.05) is 6.54 Å². The Hall–Kier alpha value is -1.12. The number of rotatable bonds is 5. The number of nitrogens with one attached hydrogen (secondary N) is 1. The van der Waals surface area contributed by atoms with Crippen LogP contribution in [0.1, 0.15) is 43.4 Å². The lowest BCUT2D eigenvalue weighted by atomic mass is 9.91. The van der Waals surface area contributed by atoms with E-state index in [0.717, 1.165) is 13.0 Å². The van der Waals surface area contributed by atoms with E-state index in [-0.39, 0.29) is 5.54 Å². The van der Waals surface area contributed by atoms with Crippen LogP contribution in [0.3, 0.4) is 0 Å². The summed E-state index contributed by atoms with van der Waals surface area (Å²) in [6, 6.07) is 11.2. The summed E-state index contributed by atoms with van der Waals surface area (Å²) in [6.45, 7) is 9.87. The van der Waals surface area contributed by atoms with Crippen LogP contribution in [0.5, 0.6) is 0 Å². The van der Waals surface area contributed by atoms with E-state index in [1.54, 1.807) is 11.3 Å². The molecule has 2 heteroatoms. The van der Waals surface area contributed by atoms with Crippen molar-refractivity contribution in [1.82, 2.24) is 5.32 Å². The van der Waals surface area contributed by atoms with Crippen molar-refractivity contribution >= 4 is 11.3 Å². The standard InChI is InChI=1S/C18H25NS/c1-14-6-5-7-16(10-14)17(12-19-18(2,3)4)11-15-8-9-20-13-15/h5-10,13,17,19H,11-12H2,1-4H3. The summed E-state index contributed by atoms with van der Waals surface area (Å²) in [5.41, 5.74) is 4.38. The third-order valence-electron chi connectivity index (χ3n) is 3.45. The van der Waals surface area contributed by atoms with Gasteiger partial charge in [0.25, 0.3) is 0 Å². The van der Waals surface area contributed by atoms with Crippen molar-refractivity contribution in [3.05, 3.63) is 57.8 Å². The monoisotopic (exact) mass is 287 g/mol. The van der Waals surface area contributed by atoms with Gasteiger partial charge in [-0.1, -0.05) is 29.8 Å². The first-order chi connectivity index (χ1) is 9.44. The molecule has 2 rings (SSSR count). The molecule has 1 aromatic heterocycles. The summed E-state index contributed by atoms with van der Waals surface area (Å²) >= 11 is 1.78. The van der Waals surface area contributed by atoms with Crippen LogP contribution in [-0.4, -0.2) is 12.1 Å². The second-order valence-corrected chi connectivity index (χ2v) is 7.36. The minimum Gasteiger partial charge on any atom is -0.311 e. The van der Waals surface area contributed by atoms with Crippen molar-refractivity contribution in [3.8, 4) is 0 Å². The number of benzene rings is 1. The summed E-state index contributed by atoms with van der Waals surface area (Å²) < 4.78 is 0. The Labute approximate surface area is 127 Å². The van der Waals surface area contributed by atoms with E-state index in [1.807, 2.05) is 0 Å². The summed E-state index contributed by atoms with van der Waals surface area (Å²) in [4.78, 5) is 0. The van der Waals surface area contributed by atoms with Crippen LogP contribution in [-0.2, 0) is 6.42 Å². The highest BCUT2D eigenvalue weighted by atomic mass is 32.1. The van der Waals surface area contributed by atoms with E-state index in [0.29, 0.717) is 5.92 Å². The van der Waals surface area contributed by atoms with E-state index in [9.17, 15) is 0 Å². The molecule has 0 aliphatic carbocycles. The van der Waals surface area contributed by atoms with Crippen LogP contribution in [0.25, 0.3) is 0 Å². The van der Waals surface area contributed by atoms with Gasteiger partial charge in [0.2, 0.25) is 0 Å². The van der Waals surface area contributed by atoms with E-state index in [4.69, 9.17) is 0 Å². The highest BCUT2D eigenvalue weighted by molar-refractivity contribution is 7.07. The van der Waals surface area contributed by atoms with Gasteiger partial charge in [-0.15, -0.1) is 0 Å². The van der Waals surface area contributed by atoms with E-state index < -0.39 is 0 Å². The minimum atomic E-state index is 0.163. The van der Waals surface area contributed by atoms with Gasteiger partial charge in [-0.05, 0) is 62.1 Å². The Morgan fingerprint density at radius 1 is 1.20 bits per heavy atom.